The van der Waals surface area contributed by atoms with Gasteiger partial charge in [-0.25, -0.2) is 15.0 Å². The molecule has 234 valence electrons. The number of nitrogens with zero attached hydrogens (tertiary/aromatic N) is 3. The highest BCUT2D eigenvalue weighted by atomic mass is 32.1. The van der Waals surface area contributed by atoms with Crippen LogP contribution in [0, 0.1) is 0 Å². The number of benzene rings is 7. The van der Waals surface area contributed by atoms with E-state index in [0.717, 1.165) is 22.3 Å². The van der Waals surface area contributed by atoms with Gasteiger partial charge in [0.05, 0.1) is 0 Å². The predicted molar refractivity (Wildman–Crippen MR) is 213 cm³/mol. The molecule has 0 spiro atoms. The summed E-state index contributed by atoms with van der Waals surface area (Å²) in [6, 6.07) is 58.0. The first-order chi connectivity index (χ1) is 24.8. The number of rotatable bonds is 5. The van der Waals surface area contributed by atoms with Crippen LogP contribution in [0.5, 0.6) is 0 Å². The molecule has 7 aromatic carbocycles. The third kappa shape index (κ3) is 4.90. The molecule has 10 aromatic rings. The molecule has 0 radical (unpaired) electrons. The lowest BCUT2D eigenvalue weighted by Crippen LogP contribution is -2.00. The molecular formula is C45H27N3S2. The van der Waals surface area contributed by atoms with E-state index in [1.807, 2.05) is 59.1 Å². The molecule has 0 bridgehead atoms. The summed E-state index contributed by atoms with van der Waals surface area (Å²) >= 11 is 3.71. The second-order valence-electron chi connectivity index (χ2n) is 12.4. The maximum Gasteiger partial charge on any atom is 0.164 e. The van der Waals surface area contributed by atoms with Crippen LogP contribution in [0.2, 0.25) is 0 Å². The van der Waals surface area contributed by atoms with Gasteiger partial charge in [-0.05, 0) is 41.0 Å². The Morgan fingerprint density at radius 2 is 0.840 bits per heavy atom. The van der Waals surface area contributed by atoms with Gasteiger partial charge in [-0.2, -0.15) is 0 Å². The molecule has 0 aliphatic heterocycles. The molecule has 0 N–H and O–H groups in total. The van der Waals surface area contributed by atoms with Gasteiger partial charge in [0.2, 0.25) is 0 Å². The number of hydrogen-bond acceptors (Lipinski definition) is 5. The fourth-order valence-electron chi connectivity index (χ4n) is 6.95. The summed E-state index contributed by atoms with van der Waals surface area (Å²) in [6.07, 6.45) is 0. The lowest BCUT2D eigenvalue weighted by molar-refractivity contribution is 1.07. The Morgan fingerprint density at radius 1 is 0.300 bits per heavy atom. The smallest absolute Gasteiger partial charge is 0.164 e. The van der Waals surface area contributed by atoms with Gasteiger partial charge in [-0.15, -0.1) is 22.7 Å². The minimum atomic E-state index is 0.647. The molecule has 3 heterocycles. The quantitative estimate of drug-likeness (QED) is 0.182. The van der Waals surface area contributed by atoms with Crippen molar-refractivity contribution in [1.29, 1.82) is 0 Å². The van der Waals surface area contributed by atoms with E-state index in [0.29, 0.717) is 17.5 Å². The maximum absolute atomic E-state index is 5.08. The van der Waals surface area contributed by atoms with E-state index in [4.69, 9.17) is 15.0 Å². The van der Waals surface area contributed by atoms with E-state index in [1.54, 1.807) is 0 Å². The normalized spacial score (nSPS) is 11.6. The maximum atomic E-state index is 5.08. The van der Waals surface area contributed by atoms with Crippen LogP contribution >= 0.6 is 22.7 Å². The van der Waals surface area contributed by atoms with Gasteiger partial charge >= 0.3 is 0 Å². The van der Waals surface area contributed by atoms with Gasteiger partial charge in [0.15, 0.2) is 17.5 Å². The van der Waals surface area contributed by atoms with E-state index < -0.39 is 0 Å². The predicted octanol–water partition coefficient (Wildman–Crippen LogP) is 12.9. The average molecular weight is 674 g/mol. The van der Waals surface area contributed by atoms with Crippen molar-refractivity contribution in [1.82, 2.24) is 15.0 Å². The average Bonchev–Trinajstić information content (AvgIpc) is 3.76. The van der Waals surface area contributed by atoms with Crippen molar-refractivity contribution in [2.75, 3.05) is 0 Å². The van der Waals surface area contributed by atoms with Gasteiger partial charge in [0.1, 0.15) is 0 Å². The molecule has 0 fully saturated rings. The van der Waals surface area contributed by atoms with Crippen LogP contribution in [0.25, 0.3) is 96.8 Å². The highest BCUT2D eigenvalue weighted by Crippen LogP contribution is 2.45. The number of aromatic nitrogens is 3. The van der Waals surface area contributed by atoms with Crippen molar-refractivity contribution in [3.05, 3.63) is 164 Å². The van der Waals surface area contributed by atoms with Crippen molar-refractivity contribution < 1.29 is 0 Å². The molecule has 0 saturated carbocycles. The highest BCUT2D eigenvalue weighted by molar-refractivity contribution is 7.26. The van der Waals surface area contributed by atoms with Crippen LogP contribution in [0.15, 0.2) is 164 Å². The van der Waals surface area contributed by atoms with Crippen LogP contribution in [-0.2, 0) is 0 Å². The zero-order valence-electron chi connectivity index (χ0n) is 26.7. The van der Waals surface area contributed by atoms with Crippen LogP contribution < -0.4 is 0 Å². The van der Waals surface area contributed by atoms with E-state index in [-0.39, 0.29) is 0 Å². The summed E-state index contributed by atoms with van der Waals surface area (Å²) in [5.41, 5.74) is 7.59. The lowest BCUT2D eigenvalue weighted by Gasteiger charge is -2.15. The highest BCUT2D eigenvalue weighted by Gasteiger charge is 2.18. The Kier molecular flexibility index (Phi) is 6.86. The summed E-state index contributed by atoms with van der Waals surface area (Å²) < 4.78 is 5.16. The fraction of sp³-hybridized carbons (Fsp3) is 0. The van der Waals surface area contributed by atoms with E-state index in [2.05, 4.69) is 127 Å². The Labute approximate surface area is 296 Å². The molecule has 0 amide bonds. The molecule has 0 saturated heterocycles. The molecule has 0 unspecified atom stereocenters. The molecule has 5 heteroatoms. The molecular weight excluding hydrogens is 647 g/mol. The number of thiophene rings is 2. The van der Waals surface area contributed by atoms with E-state index >= 15 is 0 Å². The van der Waals surface area contributed by atoms with Gasteiger partial charge < -0.3 is 0 Å². The third-order valence-corrected chi connectivity index (χ3v) is 11.7. The van der Waals surface area contributed by atoms with Crippen LogP contribution in [-0.4, -0.2) is 15.0 Å². The molecule has 3 nitrogen and oxygen atoms in total. The molecule has 0 aliphatic rings. The van der Waals surface area contributed by atoms with Gasteiger partial charge in [0, 0.05) is 62.6 Å². The fourth-order valence-corrected chi connectivity index (χ4v) is 9.32. The minimum absolute atomic E-state index is 0.647. The number of fused-ring (bicyclic) bond motifs is 6. The van der Waals surface area contributed by atoms with Crippen LogP contribution in [0.3, 0.4) is 0 Å². The molecule has 10 rings (SSSR count). The molecule has 0 atom stereocenters. The summed E-state index contributed by atoms with van der Waals surface area (Å²) in [5, 5.41) is 5.17. The Morgan fingerprint density at radius 3 is 1.54 bits per heavy atom. The summed E-state index contributed by atoms with van der Waals surface area (Å²) in [4.78, 5) is 15.1. The Hall–Kier alpha value is -6.01. The molecule has 0 aliphatic carbocycles. The second-order valence-corrected chi connectivity index (χ2v) is 14.5. The van der Waals surface area contributed by atoms with Gasteiger partial charge in [-0.1, -0.05) is 140 Å². The number of hydrogen-bond donors (Lipinski definition) is 0. The van der Waals surface area contributed by atoms with Gasteiger partial charge in [-0.3, -0.25) is 0 Å². The SMILES string of the molecule is c1ccc(-c2nc(-c3ccccc3)nc(-c3ccc(-c4ccc5c(c4)sc4ccccc45)c(-c4cccc5c4sc4ccccc45)c3)n2)cc1. The Bertz CT molecular complexity index is 2810. The Balaban J connectivity index is 1.22. The topological polar surface area (TPSA) is 38.7 Å². The van der Waals surface area contributed by atoms with Crippen molar-refractivity contribution in [3.8, 4) is 56.4 Å². The molecule has 3 aromatic heterocycles. The zero-order valence-corrected chi connectivity index (χ0v) is 28.4. The minimum Gasteiger partial charge on any atom is -0.208 e. The summed E-state index contributed by atoms with van der Waals surface area (Å²) in [7, 11) is 0. The standard InChI is InChI=1S/C45H27N3S2/c1-3-12-28(13-4-1)43-46-44(29-14-5-2-6-15-29)48-45(47-43)31-23-24-32(30-22-25-35-33-16-7-9-20-39(33)49-41(35)27-30)38(26-31)37-19-11-18-36-34-17-8-10-21-40(34)50-42(36)37/h1-27H. The second kappa shape index (κ2) is 11.8. The summed E-state index contributed by atoms with van der Waals surface area (Å²) in [6.45, 7) is 0. The van der Waals surface area contributed by atoms with E-state index in [1.165, 1.54) is 57.0 Å². The zero-order chi connectivity index (χ0) is 33.0. The van der Waals surface area contributed by atoms with Crippen molar-refractivity contribution in [3.63, 3.8) is 0 Å². The van der Waals surface area contributed by atoms with Crippen molar-refractivity contribution in [2.24, 2.45) is 0 Å². The van der Waals surface area contributed by atoms with Gasteiger partial charge in [0.25, 0.3) is 0 Å². The van der Waals surface area contributed by atoms with Crippen LogP contribution in [0.4, 0.5) is 0 Å². The first-order valence-corrected chi connectivity index (χ1v) is 18.2. The third-order valence-electron chi connectivity index (χ3n) is 9.36. The van der Waals surface area contributed by atoms with Crippen LogP contribution in [0.1, 0.15) is 0 Å². The largest absolute Gasteiger partial charge is 0.208 e. The van der Waals surface area contributed by atoms with Crippen molar-refractivity contribution >= 4 is 63.0 Å². The lowest BCUT2D eigenvalue weighted by atomic mass is 9.91. The van der Waals surface area contributed by atoms with E-state index in [9.17, 15) is 0 Å². The monoisotopic (exact) mass is 673 g/mol. The first kappa shape index (κ1) is 29.0. The molecule has 50 heavy (non-hydrogen) atoms. The summed E-state index contributed by atoms with van der Waals surface area (Å²) in [5.74, 6) is 1.96. The first-order valence-electron chi connectivity index (χ1n) is 16.6. The van der Waals surface area contributed by atoms with Crippen molar-refractivity contribution in [2.45, 2.75) is 0 Å².